The first-order valence-corrected chi connectivity index (χ1v) is 11.0. The number of carbonyl (C=O) groups is 1. The molecular formula is C16H22N2O2Si. The number of hydrogen-bond acceptors (Lipinski definition) is 3. The second-order valence-corrected chi connectivity index (χ2v) is 11.8. The van der Waals surface area contributed by atoms with Gasteiger partial charge in [0.15, 0.2) is 5.69 Å². The molecule has 1 fully saturated rings. The number of carbonyl (C=O) groups excluding carboxylic acids is 1. The summed E-state index contributed by atoms with van der Waals surface area (Å²) in [7, 11) is -0.0567. The molecule has 2 aromatic rings. The fourth-order valence-electron chi connectivity index (χ4n) is 2.91. The molecule has 112 valence electrons. The average molecular weight is 302 g/mol. The quantitative estimate of drug-likeness (QED) is 0.646. The molecule has 0 radical (unpaired) electrons. The molecule has 1 aliphatic rings. The first kappa shape index (κ1) is 14.3. The van der Waals surface area contributed by atoms with Gasteiger partial charge in [-0.3, -0.25) is 0 Å². The van der Waals surface area contributed by atoms with Crippen molar-refractivity contribution in [2.24, 2.45) is 0 Å². The van der Waals surface area contributed by atoms with Gasteiger partial charge in [-0.2, -0.15) is 0 Å². The van der Waals surface area contributed by atoms with Gasteiger partial charge in [0.2, 0.25) is 0 Å². The number of fused-ring (bicyclic) bond motifs is 1. The van der Waals surface area contributed by atoms with Crippen LogP contribution >= 0.6 is 0 Å². The molecule has 0 aliphatic heterocycles. The molecule has 4 nitrogen and oxygen atoms in total. The van der Waals surface area contributed by atoms with E-state index in [4.69, 9.17) is 4.74 Å². The van der Waals surface area contributed by atoms with Crippen LogP contribution in [0.3, 0.4) is 0 Å². The van der Waals surface area contributed by atoms with E-state index in [2.05, 4.69) is 35.3 Å². The van der Waals surface area contributed by atoms with Crippen molar-refractivity contribution < 1.29 is 9.53 Å². The lowest BCUT2D eigenvalue weighted by atomic mass is 9.93. The number of esters is 1. The predicted molar refractivity (Wildman–Crippen MR) is 86.9 cm³/mol. The highest BCUT2D eigenvalue weighted by Crippen LogP contribution is 2.34. The molecule has 0 aromatic carbocycles. The van der Waals surface area contributed by atoms with Gasteiger partial charge in [-0.15, -0.1) is 0 Å². The molecule has 0 amide bonds. The summed E-state index contributed by atoms with van der Waals surface area (Å²) in [4.78, 5) is 16.3. The maximum absolute atomic E-state index is 11.7. The third-order valence-corrected chi connectivity index (χ3v) is 6.21. The lowest BCUT2D eigenvalue weighted by Gasteiger charge is -2.32. The van der Waals surface area contributed by atoms with Crippen LogP contribution in [0.1, 0.15) is 35.8 Å². The van der Waals surface area contributed by atoms with Crippen molar-refractivity contribution in [1.29, 1.82) is 0 Å². The fraction of sp³-hybridized carbons (Fsp3) is 0.500. The minimum Gasteiger partial charge on any atom is -0.464 e. The Morgan fingerprint density at radius 2 is 2.05 bits per heavy atom. The highest BCUT2D eigenvalue weighted by atomic mass is 28.3. The van der Waals surface area contributed by atoms with E-state index in [0.29, 0.717) is 11.7 Å². The number of rotatable bonds is 3. The van der Waals surface area contributed by atoms with Crippen molar-refractivity contribution in [2.75, 3.05) is 7.11 Å². The van der Waals surface area contributed by atoms with Crippen LogP contribution in [0.5, 0.6) is 0 Å². The van der Waals surface area contributed by atoms with Crippen LogP contribution in [-0.2, 0) is 4.74 Å². The Bertz CT molecular complexity index is 696. The average Bonchev–Trinajstić information content (AvgIpc) is 2.75. The molecule has 0 bridgehead atoms. The van der Waals surface area contributed by atoms with Gasteiger partial charge in [0.25, 0.3) is 0 Å². The minimum absolute atomic E-state index is 0.368. The van der Waals surface area contributed by atoms with E-state index >= 15 is 0 Å². The summed E-state index contributed by atoms with van der Waals surface area (Å²) in [5, 5.41) is 2.56. The van der Waals surface area contributed by atoms with Crippen molar-refractivity contribution in [3.8, 4) is 0 Å². The summed E-state index contributed by atoms with van der Waals surface area (Å²) in [5.41, 5.74) is 1.34. The third-order valence-electron chi connectivity index (χ3n) is 4.29. The number of methoxy groups -OCH3 is 1. The predicted octanol–water partition coefficient (Wildman–Crippen LogP) is 3.09. The van der Waals surface area contributed by atoms with Gasteiger partial charge in [-0.1, -0.05) is 19.6 Å². The molecule has 0 saturated heterocycles. The van der Waals surface area contributed by atoms with Gasteiger partial charge < -0.3 is 9.30 Å². The Morgan fingerprint density at radius 1 is 1.33 bits per heavy atom. The van der Waals surface area contributed by atoms with E-state index in [1.54, 1.807) is 6.07 Å². The molecule has 5 heteroatoms. The second kappa shape index (κ2) is 4.98. The van der Waals surface area contributed by atoms with Crippen molar-refractivity contribution >= 4 is 30.4 Å². The first-order chi connectivity index (χ1) is 9.91. The SMILES string of the molecule is COC(=O)c1ccc2cc([Si](C)(C)C)n(C3CCC3)c2n1. The zero-order chi connectivity index (χ0) is 15.2. The standard InChI is InChI=1S/C16H22N2O2Si/c1-20-16(19)13-9-8-11-10-14(21(2,3)4)18(15(11)17-13)12-6-5-7-12/h8-10,12H,5-7H2,1-4H3. The summed E-state index contributed by atoms with van der Waals surface area (Å²) in [6.45, 7) is 7.08. The Hall–Kier alpha value is -1.62. The largest absolute Gasteiger partial charge is 0.464 e. The summed E-state index contributed by atoms with van der Waals surface area (Å²) >= 11 is 0. The van der Waals surface area contributed by atoms with E-state index < -0.39 is 8.07 Å². The molecule has 2 aromatic heterocycles. The van der Waals surface area contributed by atoms with Crippen molar-refractivity contribution in [2.45, 2.75) is 44.9 Å². The van der Waals surface area contributed by atoms with Crippen molar-refractivity contribution in [3.05, 3.63) is 23.9 Å². The van der Waals surface area contributed by atoms with Crippen molar-refractivity contribution in [3.63, 3.8) is 0 Å². The van der Waals surface area contributed by atoms with E-state index in [-0.39, 0.29) is 5.97 Å². The van der Waals surface area contributed by atoms with Gasteiger partial charge in [-0.05, 0) is 37.5 Å². The van der Waals surface area contributed by atoms with Crippen LogP contribution < -0.4 is 5.32 Å². The maximum Gasteiger partial charge on any atom is 0.356 e. The molecule has 0 atom stereocenters. The minimum atomic E-state index is -1.45. The summed E-state index contributed by atoms with van der Waals surface area (Å²) in [5.74, 6) is -0.368. The number of hydrogen-bond donors (Lipinski definition) is 0. The number of nitrogens with zero attached hydrogens (tertiary/aromatic N) is 2. The highest BCUT2D eigenvalue weighted by molar-refractivity contribution is 6.88. The van der Waals surface area contributed by atoms with Crippen LogP contribution in [-0.4, -0.2) is 30.7 Å². The molecule has 2 heterocycles. The molecule has 0 N–H and O–H groups in total. The van der Waals surface area contributed by atoms with Gasteiger partial charge in [0.1, 0.15) is 5.65 Å². The normalized spacial score (nSPS) is 16.0. The lowest BCUT2D eigenvalue weighted by Crippen LogP contribution is -2.44. The van der Waals surface area contributed by atoms with Gasteiger partial charge in [0.05, 0.1) is 15.2 Å². The molecule has 3 rings (SSSR count). The van der Waals surface area contributed by atoms with Crippen LogP contribution in [0, 0.1) is 0 Å². The molecule has 1 aliphatic carbocycles. The summed E-state index contributed by atoms with van der Waals surface area (Å²) in [6.07, 6.45) is 3.71. The van der Waals surface area contributed by atoms with Crippen LogP contribution in [0.4, 0.5) is 0 Å². The number of ether oxygens (including phenoxy) is 1. The highest BCUT2D eigenvalue weighted by Gasteiger charge is 2.30. The smallest absolute Gasteiger partial charge is 0.356 e. The van der Waals surface area contributed by atoms with Crippen LogP contribution in [0.15, 0.2) is 18.2 Å². The lowest BCUT2D eigenvalue weighted by molar-refractivity contribution is 0.0594. The van der Waals surface area contributed by atoms with Crippen LogP contribution in [0.2, 0.25) is 19.6 Å². The summed E-state index contributed by atoms with van der Waals surface area (Å²) < 4.78 is 7.20. The number of aromatic nitrogens is 2. The maximum atomic E-state index is 11.7. The first-order valence-electron chi connectivity index (χ1n) is 7.52. The zero-order valence-electron chi connectivity index (χ0n) is 13.1. The third kappa shape index (κ3) is 2.39. The van der Waals surface area contributed by atoms with Crippen molar-refractivity contribution in [1.82, 2.24) is 9.55 Å². The van der Waals surface area contributed by atoms with Gasteiger partial charge >= 0.3 is 5.97 Å². The topological polar surface area (TPSA) is 44.1 Å². The van der Waals surface area contributed by atoms with Crippen LogP contribution in [0.25, 0.3) is 11.0 Å². The molecular weight excluding hydrogens is 280 g/mol. The summed E-state index contributed by atoms with van der Waals surface area (Å²) in [6, 6.07) is 6.57. The van der Waals surface area contributed by atoms with E-state index in [1.807, 2.05) is 6.07 Å². The molecule has 1 saturated carbocycles. The Balaban J connectivity index is 2.22. The molecule has 0 unspecified atom stereocenters. The Labute approximate surface area is 126 Å². The Kier molecular flexibility index (Phi) is 3.40. The van der Waals surface area contributed by atoms with E-state index in [0.717, 1.165) is 11.0 Å². The fourth-order valence-corrected chi connectivity index (χ4v) is 4.51. The monoisotopic (exact) mass is 302 g/mol. The van der Waals surface area contributed by atoms with E-state index in [1.165, 1.54) is 31.7 Å². The van der Waals surface area contributed by atoms with E-state index in [9.17, 15) is 4.79 Å². The van der Waals surface area contributed by atoms with Gasteiger partial charge in [-0.25, -0.2) is 9.78 Å². The molecule has 0 spiro atoms. The van der Waals surface area contributed by atoms with Gasteiger partial charge in [0, 0.05) is 16.7 Å². The second-order valence-electron chi connectivity index (χ2n) is 6.84. The zero-order valence-corrected chi connectivity index (χ0v) is 14.1. The number of pyridine rings is 1. The Morgan fingerprint density at radius 3 is 2.57 bits per heavy atom. The molecule has 21 heavy (non-hydrogen) atoms.